The molecule has 0 radical (unpaired) electrons. The van der Waals surface area contributed by atoms with Gasteiger partial charge in [0.1, 0.15) is 0 Å². The minimum Gasteiger partial charge on any atom is -0.269 e. The molecule has 0 aromatic rings. The first-order chi connectivity index (χ1) is 6.00. The average molecular weight is 374 g/mol. The van der Waals surface area contributed by atoms with Crippen LogP contribution in [-0.2, 0) is 31.2 Å². The summed E-state index contributed by atoms with van der Waals surface area (Å²) in [5.41, 5.74) is 0. The summed E-state index contributed by atoms with van der Waals surface area (Å²) in [4.78, 5) is 0. The van der Waals surface area contributed by atoms with E-state index in [1.54, 1.807) is 0 Å². The van der Waals surface area contributed by atoms with Crippen molar-refractivity contribution < 1.29 is 57.3 Å². The lowest BCUT2D eigenvalue weighted by atomic mass is 15.8. The van der Waals surface area contributed by atoms with E-state index < -0.39 is 31.2 Å². The zero-order valence-electron chi connectivity index (χ0n) is 6.77. The molecule has 0 spiro atoms. The zero-order chi connectivity index (χ0) is 13.5. The van der Waals surface area contributed by atoms with Crippen LogP contribution in [0.15, 0.2) is 0 Å². The second-order valence-corrected chi connectivity index (χ2v) is 4.03. The lowest BCUT2D eigenvalue weighted by molar-refractivity contribution is 0.378. The molecule has 0 unspecified atom stereocenters. The maximum atomic E-state index is 8.74. The van der Waals surface area contributed by atoms with Gasteiger partial charge in [0.2, 0.25) is 0 Å². The molecule has 0 saturated carbocycles. The first kappa shape index (κ1) is 36.3. The molecule has 0 rings (SSSR count). The van der Waals surface area contributed by atoms with Gasteiger partial charge in [0.25, 0.3) is 0 Å². The maximum Gasteiger partial charge on any atom is 0.394 e. The molecule has 0 aliphatic carbocycles. The van der Waals surface area contributed by atoms with Gasteiger partial charge in [0.15, 0.2) is 34.7 Å². The number of hydrogen-bond acceptors (Lipinski definition) is 6. The molecule has 0 aromatic carbocycles. The molecule has 0 amide bonds. The van der Waals surface area contributed by atoms with Crippen LogP contribution < -0.4 is 0 Å². The summed E-state index contributed by atoms with van der Waals surface area (Å²) in [7, 11) is -14.0. The van der Waals surface area contributed by atoms with Gasteiger partial charge in [-0.15, -0.1) is 0 Å². The molecule has 0 aliphatic rings. The molecule has 12 nitrogen and oxygen atoms in total. The van der Waals surface area contributed by atoms with Gasteiger partial charge >= 0.3 is 31.2 Å². The summed E-state index contributed by atoms with van der Waals surface area (Å²) >= 11 is 0. The standard InChI is InChI=1S/2Al.FH.3H2O4S.6H/c;;;3*1-5(2,3)4;;;;;;/h;;1H;3*(H2,1,2,3,4);;;;;;. The third-order valence-corrected chi connectivity index (χ3v) is 0. The molecule has 0 saturated heterocycles. The van der Waals surface area contributed by atoms with Crippen molar-refractivity contribution in [2.24, 2.45) is 0 Å². The lowest BCUT2D eigenvalue weighted by Crippen LogP contribution is -1.89. The van der Waals surface area contributed by atoms with Gasteiger partial charge in [0.05, 0.1) is 0 Å². The molecule has 0 aliphatic heterocycles. The van der Waals surface area contributed by atoms with E-state index in [2.05, 4.69) is 0 Å². The van der Waals surface area contributed by atoms with E-state index in [4.69, 9.17) is 52.6 Å². The second-order valence-electron chi connectivity index (χ2n) is 1.34. The Hall–Kier alpha value is 0.605. The van der Waals surface area contributed by atoms with E-state index in [-0.39, 0.29) is 39.4 Å². The first-order valence-corrected chi connectivity index (χ1v) is 6.29. The van der Waals surface area contributed by atoms with Crippen molar-refractivity contribution in [1.29, 1.82) is 0 Å². The SMILES string of the molecule is F.O=S(=O)(O)O.O=S(=O)(O)O.O=S(=O)(O)O.[AlH3].[AlH3]. The summed E-state index contributed by atoms with van der Waals surface area (Å²) in [6, 6.07) is 0. The highest BCUT2D eigenvalue weighted by Crippen LogP contribution is 1.60. The Bertz CT molecular complexity index is 346. The fourth-order valence-corrected chi connectivity index (χ4v) is 0. The summed E-state index contributed by atoms with van der Waals surface area (Å²) in [5, 5.41) is 0. The van der Waals surface area contributed by atoms with Crippen LogP contribution in [0.4, 0.5) is 4.70 Å². The van der Waals surface area contributed by atoms with Crippen LogP contribution in [-0.4, -0.2) is 87.3 Å². The van der Waals surface area contributed by atoms with Crippen LogP contribution >= 0.6 is 0 Å². The highest BCUT2D eigenvalue weighted by molar-refractivity contribution is 7.80. The highest BCUT2D eigenvalue weighted by Gasteiger charge is 1.85. The number of hydrogen-bond donors (Lipinski definition) is 6. The van der Waals surface area contributed by atoms with Gasteiger partial charge in [-0.1, -0.05) is 0 Å². The molecular formula is H13Al2FO12S3. The summed E-state index contributed by atoms with van der Waals surface area (Å²) in [6.45, 7) is 0. The predicted molar refractivity (Wildman–Crippen MR) is 64.9 cm³/mol. The van der Waals surface area contributed by atoms with Gasteiger partial charge in [-0.3, -0.25) is 32.0 Å². The molecule has 6 N–H and O–H groups in total. The molecular weight excluding hydrogens is 361 g/mol. The van der Waals surface area contributed by atoms with E-state index in [1.165, 1.54) is 0 Å². The van der Waals surface area contributed by atoms with E-state index >= 15 is 0 Å². The smallest absolute Gasteiger partial charge is 0.269 e. The topological polar surface area (TPSA) is 224 Å². The Morgan fingerprint density at radius 2 is 0.444 bits per heavy atom. The Kier molecular flexibility index (Phi) is 28.3. The minimum absolute atomic E-state index is 0. The van der Waals surface area contributed by atoms with Gasteiger partial charge in [-0.25, -0.2) is 0 Å². The van der Waals surface area contributed by atoms with Crippen LogP contribution in [0.25, 0.3) is 0 Å². The quantitative estimate of drug-likeness (QED) is 0.175. The predicted octanol–water partition coefficient (Wildman–Crippen LogP) is -4.17. The normalized spacial score (nSPS) is 9.67. The van der Waals surface area contributed by atoms with Crippen molar-refractivity contribution in [3.63, 3.8) is 0 Å². The highest BCUT2D eigenvalue weighted by atomic mass is 32.3. The van der Waals surface area contributed by atoms with Crippen LogP contribution in [0.3, 0.4) is 0 Å². The second kappa shape index (κ2) is 14.0. The molecule has 0 atom stereocenters. The van der Waals surface area contributed by atoms with E-state index in [9.17, 15) is 0 Å². The van der Waals surface area contributed by atoms with Crippen LogP contribution in [0.5, 0.6) is 0 Å². The Balaban J connectivity index is -0.0000000277. The molecule has 0 bridgehead atoms. The van der Waals surface area contributed by atoms with Gasteiger partial charge in [-0.05, 0) is 0 Å². The third-order valence-electron chi connectivity index (χ3n) is 0. The van der Waals surface area contributed by atoms with E-state index in [0.717, 1.165) is 0 Å². The largest absolute Gasteiger partial charge is 0.394 e. The van der Waals surface area contributed by atoms with Crippen molar-refractivity contribution >= 4 is 65.9 Å². The fraction of sp³-hybridized carbons (Fsp3) is 0. The number of rotatable bonds is 0. The maximum absolute atomic E-state index is 8.74. The molecule has 0 aromatic heterocycles. The molecule has 116 valence electrons. The lowest BCUT2D eigenvalue weighted by Gasteiger charge is -1.68. The van der Waals surface area contributed by atoms with Crippen LogP contribution in [0.2, 0.25) is 0 Å². The zero-order valence-corrected chi connectivity index (χ0v) is 9.22. The van der Waals surface area contributed by atoms with Crippen LogP contribution in [0, 0.1) is 0 Å². The van der Waals surface area contributed by atoms with Crippen molar-refractivity contribution in [1.82, 2.24) is 0 Å². The molecule has 18 heavy (non-hydrogen) atoms. The van der Waals surface area contributed by atoms with Gasteiger partial charge < -0.3 is 0 Å². The fourth-order valence-electron chi connectivity index (χ4n) is 0. The Morgan fingerprint density at radius 1 is 0.444 bits per heavy atom. The van der Waals surface area contributed by atoms with Crippen molar-refractivity contribution in [3.05, 3.63) is 0 Å². The Labute approximate surface area is 123 Å². The average Bonchev–Trinajstić information content (AvgIpc) is 1.41. The summed E-state index contributed by atoms with van der Waals surface area (Å²) in [5.74, 6) is 0. The van der Waals surface area contributed by atoms with Gasteiger partial charge in [-0.2, -0.15) is 25.3 Å². The van der Waals surface area contributed by atoms with Crippen molar-refractivity contribution in [2.45, 2.75) is 0 Å². The van der Waals surface area contributed by atoms with Gasteiger partial charge in [0, 0.05) is 0 Å². The van der Waals surface area contributed by atoms with E-state index in [1.807, 2.05) is 0 Å². The summed E-state index contributed by atoms with van der Waals surface area (Å²) in [6.07, 6.45) is 0. The minimum atomic E-state index is -4.67. The molecule has 0 fully saturated rings. The number of halogens is 1. The monoisotopic (exact) mass is 374 g/mol. The Morgan fingerprint density at radius 3 is 0.444 bits per heavy atom. The molecule has 0 heterocycles. The molecule has 18 heteroatoms. The van der Waals surface area contributed by atoms with E-state index in [0.29, 0.717) is 0 Å². The van der Waals surface area contributed by atoms with Crippen molar-refractivity contribution in [3.8, 4) is 0 Å². The van der Waals surface area contributed by atoms with Crippen LogP contribution in [0.1, 0.15) is 0 Å². The third kappa shape index (κ3) is 11000. The summed E-state index contributed by atoms with van der Waals surface area (Å²) < 4.78 is 94.8. The first-order valence-electron chi connectivity index (χ1n) is 2.10. The van der Waals surface area contributed by atoms with Crippen molar-refractivity contribution in [2.75, 3.05) is 0 Å².